The molecule has 1 fully saturated rings. The van der Waals surface area contributed by atoms with Crippen LogP contribution < -0.4 is 5.73 Å². The van der Waals surface area contributed by atoms with Gasteiger partial charge in [-0.1, -0.05) is 18.0 Å². The van der Waals surface area contributed by atoms with Gasteiger partial charge in [0, 0.05) is 12.1 Å². The van der Waals surface area contributed by atoms with Crippen LogP contribution in [0.15, 0.2) is 22.7 Å². The Balaban J connectivity index is 1.95. The lowest BCUT2D eigenvalue weighted by Crippen LogP contribution is -2.32. The van der Waals surface area contributed by atoms with Crippen molar-refractivity contribution >= 4 is 0 Å². The van der Waals surface area contributed by atoms with Gasteiger partial charge in [0.25, 0.3) is 0 Å². The Morgan fingerprint density at radius 3 is 2.75 bits per heavy atom. The van der Waals surface area contributed by atoms with Crippen LogP contribution in [0, 0.1) is 5.82 Å². The summed E-state index contributed by atoms with van der Waals surface area (Å²) in [5.74, 6) is -0.255. The van der Waals surface area contributed by atoms with E-state index in [1.807, 2.05) is 0 Å². The number of aromatic hydroxyl groups is 1. The van der Waals surface area contributed by atoms with E-state index in [0.29, 0.717) is 23.8 Å². The molecule has 0 bridgehead atoms. The number of phenolic OH excluding ortho intramolecular Hbond substituents is 1. The summed E-state index contributed by atoms with van der Waals surface area (Å²) < 4.78 is 18.7. The van der Waals surface area contributed by atoms with E-state index in [9.17, 15) is 9.50 Å². The molecule has 3 N–H and O–H groups in total. The van der Waals surface area contributed by atoms with Gasteiger partial charge in [0.15, 0.2) is 11.6 Å². The van der Waals surface area contributed by atoms with Gasteiger partial charge < -0.3 is 15.4 Å². The highest BCUT2D eigenvalue weighted by molar-refractivity contribution is 5.56. The number of nitrogens with two attached hydrogens (primary N) is 1. The quantitative estimate of drug-likeness (QED) is 0.899. The number of nitrogens with zero attached hydrogens (tertiary/aromatic N) is 2. The van der Waals surface area contributed by atoms with Crippen molar-refractivity contribution in [3.05, 3.63) is 29.9 Å². The fraction of sp³-hybridized carbons (Fsp3) is 0.429. The Bertz CT molecular complexity index is 621. The van der Waals surface area contributed by atoms with Crippen LogP contribution in [0.25, 0.3) is 11.4 Å². The molecule has 0 radical (unpaired) electrons. The van der Waals surface area contributed by atoms with E-state index in [0.717, 1.165) is 25.7 Å². The zero-order valence-corrected chi connectivity index (χ0v) is 11.0. The lowest BCUT2D eigenvalue weighted by Gasteiger charge is -2.21. The van der Waals surface area contributed by atoms with Crippen LogP contribution in [0.4, 0.5) is 4.39 Å². The summed E-state index contributed by atoms with van der Waals surface area (Å²) in [6, 6.07) is 4.01. The zero-order chi connectivity index (χ0) is 14.2. The van der Waals surface area contributed by atoms with E-state index in [1.165, 1.54) is 12.1 Å². The number of hydrogen-bond acceptors (Lipinski definition) is 5. The minimum Gasteiger partial charge on any atom is -0.505 e. The van der Waals surface area contributed by atoms with Crippen molar-refractivity contribution in [2.24, 2.45) is 5.73 Å². The molecule has 1 aliphatic carbocycles. The summed E-state index contributed by atoms with van der Waals surface area (Å²) in [7, 11) is 0. The van der Waals surface area contributed by atoms with E-state index in [4.69, 9.17) is 10.3 Å². The topological polar surface area (TPSA) is 85.2 Å². The van der Waals surface area contributed by atoms with Crippen molar-refractivity contribution < 1.29 is 14.0 Å². The molecule has 5 nitrogen and oxygen atoms in total. The summed E-state index contributed by atoms with van der Waals surface area (Å²) in [5, 5.41) is 13.1. The third-order valence-electron chi connectivity index (χ3n) is 4.04. The van der Waals surface area contributed by atoms with Gasteiger partial charge in [-0.25, -0.2) is 4.39 Å². The summed E-state index contributed by atoms with van der Waals surface area (Å²) in [6.45, 7) is 0.471. The monoisotopic (exact) mass is 277 g/mol. The van der Waals surface area contributed by atoms with Crippen LogP contribution in [0.1, 0.15) is 31.6 Å². The maximum absolute atomic E-state index is 13.4. The van der Waals surface area contributed by atoms with Crippen LogP contribution in [0.5, 0.6) is 5.75 Å². The standard InChI is InChI=1S/C14H16FN3O2/c15-10-7-9(3-4-11(10)19)12-17-13(20-18-12)14(8-16)5-1-2-6-14/h3-4,7,19H,1-2,5-6,8,16H2. The third-order valence-corrected chi connectivity index (χ3v) is 4.04. The maximum Gasteiger partial charge on any atom is 0.234 e. The number of phenols is 1. The molecule has 3 rings (SSSR count). The molecule has 20 heavy (non-hydrogen) atoms. The van der Waals surface area contributed by atoms with Gasteiger partial charge in [-0.2, -0.15) is 4.98 Å². The molecule has 0 spiro atoms. The Morgan fingerprint density at radius 2 is 2.10 bits per heavy atom. The molecule has 1 aromatic heterocycles. The van der Waals surface area contributed by atoms with Crippen LogP contribution in [-0.4, -0.2) is 21.8 Å². The number of rotatable bonds is 3. The molecule has 6 heteroatoms. The van der Waals surface area contributed by atoms with Crippen LogP contribution in [0.2, 0.25) is 0 Å². The Labute approximate surface area is 115 Å². The van der Waals surface area contributed by atoms with Gasteiger partial charge in [-0.15, -0.1) is 0 Å². The zero-order valence-electron chi connectivity index (χ0n) is 11.0. The molecule has 0 unspecified atom stereocenters. The fourth-order valence-electron chi connectivity index (χ4n) is 2.76. The predicted octanol–water partition coefficient (Wildman–Crippen LogP) is 2.35. The highest BCUT2D eigenvalue weighted by atomic mass is 19.1. The minimum atomic E-state index is -0.705. The maximum atomic E-state index is 13.4. The van der Waals surface area contributed by atoms with Crippen LogP contribution in [-0.2, 0) is 5.41 Å². The Kier molecular flexibility index (Phi) is 3.17. The molecule has 106 valence electrons. The summed E-state index contributed by atoms with van der Waals surface area (Å²) in [4.78, 5) is 4.37. The van der Waals surface area contributed by atoms with Gasteiger partial charge in [-0.05, 0) is 31.0 Å². The molecule has 2 aromatic rings. The summed E-state index contributed by atoms with van der Waals surface area (Å²) >= 11 is 0. The smallest absolute Gasteiger partial charge is 0.234 e. The number of benzene rings is 1. The second kappa shape index (κ2) is 4.86. The predicted molar refractivity (Wildman–Crippen MR) is 70.6 cm³/mol. The molecule has 1 saturated carbocycles. The largest absolute Gasteiger partial charge is 0.505 e. The first kappa shape index (κ1) is 13.1. The van der Waals surface area contributed by atoms with Gasteiger partial charge in [0.1, 0.15) is 0 Å². The van der Waals surface area contributed by atoms with E-state index < -0.39 is 11.6 Å². The first-order valence-corrected chi connectivity index (χ1v) is 6.68. The number of aromatic nitrogens is 2. The molecular weight excluding hydrogens is 261 g/mol. The minimum absolute atomic E-state index is 0.235. The van der Waals surface area contributed by atoms with E-state index in [-0.39, 0.29) is 5.41 Å². The highest BCUT2D eigenvalue weighted by Crippen LogP contribution is 2.40. The fourth-order valence-corrected chi connectivity index (χ4v) is 2.76. The molecule has 1 aromatic carbocycles. The van der Waals surface area contributed by atoms with Crippen molar-refractivity contribution in [3.63, 3.8) is 0 Å². The normalized spacial score (nSPS) is 17.5. The second-order valence-corrected chi connectivity index (χ2v) is 5.28. The van der Waals surface area contributed by atoms with Gasteiger partial charge in [0.2, 0.25) is 11.7 Å². The van der Waals surface area contributed by atoms with Gasteiger partial charge in [-0.3, -0.25) is 0 Å². The SMILES string of the molecule is NCC1(c2nc(-c3ccc(O)c(F)c3)no2)CCCC1. The van der Waals surface area contributed by atoms with E-state index >= 15 is 0 Å². The first-order valence-electron chi connectivity index (χ1n) is 6.68. The Hall–Kier alpha value is -1.95. The molecule has 0 atom stereocenters. The number of hydrogen-bond donors (Lipinski definition) is 2. The van der Waals surface area contributed by atoms with Crippen molar-refractivity contribution in [1.82, 2.24) is 10.1 Å². The average molecular weight is 277 g/mol. The second-order valence-electron chi connectivity index (χ2n) is 5.28. The van der Waals surface area contributed by atoms with Crippen molar-refractivity contribution in [2.45, 2.75) is 31.1 Å². The molecule has 1 aliphatic rings. The summed E-state index contributed by atoms with van der Waals surface area (Å²) in [6.07, 6.45) is 4.08. The molecule has 0 aliphatic heterocycles. The van der Waals surface area contributed by atoms with Crippen molar-refractivity contribution in [1.29, 1.82) is 0 Å². The highest BCUT2D eigenvalue weighted by Gasteiger charge is 2.39. The lowest BCUT2D eigenvalue weighted by molar-refractivity contribution is 0.284. The average Bonchev–Trinajstić information content (AvgIpc) is 3.10. The molecule has 1 heterocycles. The van der Waals surface area contributed by atoms with E-state index in [1.54, 1.807) is 6.07 Å². The van der Waals surface area contributed by atoms with Crippen LogP contribution >= 0.6 is 0 Å². The van der Waals surface area contributed by atoms with Crippen molar-refractivity contribution in [2.75, 3.05) is 6.54 Å². The van der Waals surface area contributed by atoms with Crippen LogP contribution in [0.3, 0.4) is 0 Å². The van der Waals surface area contributed by atoms with Gasteiger partial charge in [0.05, 0.1) is 5.41 Å². The number of halogens is 1. The van der Waals surface area contributed by atoms with Crippen molar-refractivity contribution in [3.8, 4) is 17.1 Å². The lowest BCUT2D eigenvalue weighted by atomic mass is 9.86. The third kappa shape index (κ3) is 2.06. The van der Waals surface area contributed by atoms with E-state index in [2.05, 4.69) is 10.1 Å². The van der Waals surface area contributed by atoms with Gasteiger partial charge >= 0.3 is 0 Å². The molecule has 0 amide bonds. The summed E-state index contributed by atoms with van der Waals surface area (Å²) in [5.41, 5.74) is 6.11. The Morgan fingerprint density at radius 1 is 1.35 bits per heavy atom. The molecular formula is C14H16FN3O2. The first-order chi connectivity index (χ1) is 9.64. The molecule has 0 saturated heterocycles.